The normalized spacial score (nSPS) is 17.9. The number of ether oxygens (including phenoxy) is 2. The lowest BCUT2D eigenvalue weighted by Crippen LogP contribution is -2.37. The second-order valence-electron chi connectivity index (χ2n) is 7.73. The number of rotatable bonds is 8. The van der Waals surface area contributed by atoms with Crippen molar-refractivity contribution in [3.63, 3.8) is 0 Å². The molecule has 1 fully saturated rings. The first kappa shape index (κ1) is 22.2. The number of hydrogen-bond acceptors (Lipinski definition) is 6. The number of nitrogens with two attached hydrogens (primary N) is 1. The highest BCUT2D eigenvalue weighted by Gasteiger charge is 2.21. The minimum Gasteiger partial charge on any atom is -0.431 e. The van der Waals surface area contributed by atoms with Crippen LogP contribution in [0.3, 0.4) is 0 Å². The SMILES string of the molecule is C=C(CCN1CCOCC1)C1=CC(c2cnc(N)c(OC(F)F)c2)=CCN1C(C)C. The molecule has 8 heteroatoms. The van der Waals surface area contributed by atoms with Crippen molar-refractivity contribution in [1.29, 1.82) is 0 Å². The maximum Gasteiger partial charge on any atom is 0.387 e. The number of alkyl halides is 2. The predicted molar refractivity (Wildman–Crippen MR) is 114 cm³/mol. The molecule has 0 aromatic carbocycles. The fourth-order valence-electron chi connectivity index (χ4n) is 3.63. The molecule has 2 aliphatic rings. The Morgan fingerprint density at radius 3 is 2.73 bits per heavy atom. The van der Waals surface area contributed by atoms with Crippen LogP contribution in [0.25, 0.3) is 5.57 Å². The van der Waals surface area contributed by atoms with Gasteiger partial charge < -0.3 is 20.1 Å². The third-order valence-electron chi connectivity index (χ3n) is 5.36. The molecule has 0 saturated carbocycles. The van der Waals surface area contributed by atoms with Crippen LogP contribution >= 0.6 is 0 Å². The molecule has 164 valence electrons. The third-order valence-corrected chi connectivity index (χ3v) is 5.36. The predicted octanol–water partition coefficient (Wildman–Crippen LogP) is 3.54. The lowest BCUT2D eigenvalue weighted by molar-refractivity contribution is -0.0495. The van der Waals surface area contributed by atoms with Gasteiger partial charge in [0.1, 0.15) is 0 Å². The molecule has 2 N–H and O–H groups in total. The van der Waals surface area contributed by atoms with Gasteiger partial charge in [-0.1, -0.05) is 12.7 Å². The Morgan fingerprint density at radius 2 is 2.07 bits per heavy atom. The molecular formula is C22H30F2N4O2. The highest BCUT2D eigenvalue weighted by Crippen LogP contribution is 2.32. The van der Waals surface area contributed by atoms with E-state index in [0.29, 0.717) is 18.2 Å². The van der Waals surface area contributed by atoms with Crippen LogP contribution in [0.5, 0.6) is 5.75 Å². The smallest absolute Gasteiger partial charge is 0.387 e. The number of aromatic nitrogens is 1. The van der Waals surface area contributed by atoms with E-state index in [1.54, 1.807) is 6.20 Å². The Labute approximate surface area is 176 Å². The summed E-state index contributed by atoms with van der Waals surface area (Å²) >= 11 is 0. The minimum atomic E-state index is -2.95. The lowest BCUT2D eigenvalue weighted by atomic mass is 9.97. The molecule has 1 aromatic rings. The van der Waals surface area contributed by atoms with E-state index < -0.39 is 6.61 Å². The van der Waals surface area contributed by atoms with Crippen LogP contribution in [0.4, 0.5) is 14.6 Å². The van der Waals surface area contributed by atoms with Gasteiger partial charge in [-0.05, 0) is 43.6 Å². The summed E-state index contributed by atoms with van der Waals surface area (Å²) < 4.78 is 35.2. The number of nitrogen functional groups attached to an aromatic ring is 1. The zero-order valence-corrected chi connectivity index (χ0v) is 17.6. The highest BCUT2D eigenvalue weighted by atomic mass is 19.3. The minimum absolute atomic E-state index is 0.0570. The molecule has 0 atom stereocenters. The van der Waals surface area contributed by atoms with Crippen LogP contribution in [0, 0.1) is 0 Å². The zero-order chi connectivity index (χ0) is 21.7. The first-order valence-electron chi connectivity index (χ1n) is 10.2. The van der Waals surface area contributed by atoms with Gasteiger partial charge in [-0.3, -0.25) is 4.90 Å². The summed E-state index contributed by atoms with van der Waals surface area (Å²) in [4.78, 5) is 8.69. The molecule has 0 aliphatic carbocycles. The number of hydrogen-bond donors (Lipinski definition) is 1. The van der Waals surface area contributed by atoms with Gasteiger partial charge in [0.05, 0.1) is 13.2 Å². The summed E-state index contributed by atoms with van der Waals surface area (Å²) in [5, 5.41) is 0. The number of morpholine rings is 1. The second-order valence-corrected chi connectivity index (χ2v) is 7.73. The first-order valence-corrected chi connectivity index (χ1v) is 10.2. The zero-order valence-electron chi connectivity index (χ0n) is 17.6. The summed E-state index contributed by atoms with van der Waals surface area (Å²) in [7, 11) is 0. The van der Waals surface area contributed by atoms with Gasteiger partial charge in [-0.25, -0.2) is 4.98 Å². The molecule has 0 radical (unpaired) electrons. The van der Waals surface area contributed by atoms with Crippen molar-refractivity contribution in [2.45, 2.75) is 32.9 Å². The van der Waals surface area contributed by atoms with Crippen molar-refractivity contribution in [3.8, 4) is 5.75 Å². The summed E-state index contributed by atoms with van der Waals surface area (Å²) in [6, 6.07) is 1.81. The molecule has 3 rings (SSSR count). The number of nitrogens with zero attached hydrogens (tertiary/aromatic N) is 3. The highest BCUT2D eigenvalue weighted by molar-refractivity contribution is 5.78. The fraction of sp³-hybridized carbons (Fsp3) is 0.500. The molecule has 0 spiro atoms. The van der Waals surface area contributed by atoms with Crippen molar-refractivity contribution >= 4 is 11.4 Å². The summed E-state index contributed by atoms with van der Waals surface area (Å²) in [5.74, 6) is -0.172. The molecule has 3 heterocycles. The van der Waals surface area contributed by atoms with Gasteiger partial charge in [0, 0.05) is 49.7 Å². The Kier molecular flexibility index (Phi) is 7.44. The summed E-state index contributed by atoms with van der Waals surface area (Å²) in [6.07, 6.45) is 6.53. The van der Waals surface area contributed by atoms with Crippen molar-refractivity contribution in [1.82, 2.24) is 14.8 Å². The summed E-state index contributed by atoms with van der Waals surface area (Å²) in [6.45, 7) is 10.7. The summed E-state index contributed by atoms with van der Waals surface area (Å²) in [5.41, 5.74) is 9.36. The van der Waals surface area contributed by atoms with Gasteiger partial charge in [0.2, 0.25) is 0 Å². The monoisotopic (exact) mass is 420 g/mol. The van der Waals surface area contributed by atoms with Crippen LogP contribution in [0.15, 0.2) is 42.3 Å². The van der Waals surface area contributed by atoms with Gasteiger partial charge in [-0.15, -0.1) is 0 Å². The maximum absolute atomic E-state index is 12.7. The van der Waals surface area contributed by atoms with Gasteiger partial charge in [0.25, 0.3) is 0 Å². The van der Waals surface area contributed by atoms with E-state index >= 15 is 0 Å². The Bertz CT molecular complexity index is 817. The van der Waals surface area contributed by atoms with Crippen LogP contribution in [-0.2, 0) is 4.74 Å². The van der Waals surface area contributed by atoms with E-state index in [2.05, 4.69) is 46.0 Å². The topological polar surface area (TPSA) is 63.9 Å². The van der Waals surface area contributed by atoms with E-state index in [1.807, 2.05) is 6.08 Å². The molecule has 0 bridgehead atoms. The molecule has 1 saturated heterocycles. The number of allylic oxidation sites excluding steroid dienone is 3. The van der Waals surface area contributed by atoms with Crippen LogP contribution in [0.1, 0.15) is 25.8 Å². The second kappa shape index (κ2) is 10.0. The quantitative estimate of drug-likeness (QED) is 0.694. The lowest BCUT2D eigenvalue weighted by Gasteiger charge is -2.35. The van der Waals surface area contributed by atoms with E-state index in [9.17, 15) is 8.78 Å². The first-order chi connectivity index (χ1) is 14.3. The van der Waals surface area contributed by atoms with Crippen LogP contribution < -0.4 is 10.5 Å². The van der Waals surface area contributed by atoms with Gasteiger partial charge >= 0.3 is 6.61 Å². The van der Waals surface area contributed by atoms with Gasteiger partial charge in [-0.2, -0.15) is 8.78 Å². The average molecular weight is 421 g/mol. The third kappa shape index (κ3) is 5.58. The average Bonchev–Trinajstić information content (AvgIpc) is 2.73. The Balaban J connectivity index is 1.79. The molecule has 0 amide bonds. The standard InChI is InChI=1S/C22H30F2N4O2/c1-15(2)28-7-5-17(18-13-20(30-22(23)24)21(25)26-14-18)12-19(28)16(3)4-6-27-8-10-29-11-9-27/h5,12-15,22H,3-4,6-11H2,1-2H3,(H2,25,26). The molecule has 30 heavy (non-hydrogen) atoms. The maximum atomic E-state index is 12.7. The van der Waals surface area contributed by atoms with Gasteiger partial charge in [0.15, 0.2) is 11.6 Å². The molecule has 1 aromatic heterocycles. The number of halogens is 2. The Morgan fingerprint density at radius 1 is 1.33 bits per heavy atom. The van der Waals surface area contributed by atoms with Crippen molar-refractivity contribution in [2.24, 2.45) is 0 Å². The van der Waals surface area contributed by atoms with Crippen LogP contribution in [0.2, 0.25) is 0 Å². The number of pyridine rings is 1. The number of anilines is 1. The van der Waals surface area contributed by atoms with E-state index in [4.69, 9.17) is 10.5 Å². The molecule has 2 aliphatic heterocycles. The molecule has 6 nitrogen and oxygen atoms in total. The molecular weight excluding hydrogens is 390 g/mol. The van der Waals surface area contributed by atoms with E-state index in [0.717, 1.165) is 56.1 Å². The van der Waals surface area contributed by atoms with Crippen molar-refractivity contribution in [3.05, 3.63) is 47.8 Å². The molecule has 0 unspecified atom stereocenters. The van der Waals surface area contributed by atoms with E-state index in [1.165, 1.54) is 6.07 Å². The van der Waals surface area contributed by atoms with Crippen molar-refractivity contribution < 1.29 is 18.3 Å². The van der Waals surface area contributed by atoms with E-state index in [-0.39, 0.29) is 11.6 Å². The fourth-order valence-corrected chi connectivity index (χ4v) is 3.63. The van der Waals surface area contributed by atoms with Crippen molar-refractivity contribution in [2.75, 3.05) is 45.1 Å². The Hall–Kier alpha value is -2.45. The van der Waals surface area contributed by atoms with Crippen LogP contribution in [-0.4, -0.2) is 66.8 Å². The largest absolute Gasteiger partial charge is 0.431 e.